The average molecular weight is 198 g/mol. The Morgan fingerprint density at radius 2 is 2.00 bits per heavy atom. The van der Waals surface area contributed by atoms with Crippen molar-refractivity contribution in [2.24, 2.45) is 11.8 Å². The SMILES string of the molecule is C=C(C)C(=O)OCC(CC)CC(C)C. The van der Waals surface area contributed by atoms with Crippen LogP contribution in [0.5, 0.6) is 0 Å². The summed E-state index contributed by atoms with van der Waals surface area (Å²) >= 11 is 0. The van der Waals surface area contributed by atoms with E-state index in [9.17, 15) is 4.79 Å². The first-order valence-electron chi connectivity index (χ1n) is 5.30. The fourth-order valence-corrected chi connectivity index (χ4v) is 1.34. The van der Waals surface area contributed by atoms with Crippen molar-refractivity contribution in [3.8, 4) is 0 Å². The molecule has 0 aromatic heterocycles. The first-order valence-corrected chi connectivity index (χ1v) is 5.30. The Morgan fingerprint density at radius 1 is 1.43 bits per heavy atom. The lowest BCUT2D eigenvalue weighted by Gasteiger charge is -2.16. The third kappa shape index (κ3) is 5.79. The number of ether oxygens (including phenoxy) is 1. The molecule has 0 spiro atoms. The van der Waals surface area contributed by atoms with Crippen molar-refractivity contribution in [3.63, 3.8) is 0 Å². The van der Waals surface area contributed by atoms with Gasteiger partial charge < -0.3 is 4.74 Å². The minimum Gasteiger partial charge on any atom is -0.462 e. The highest BCUT2D eigenvalue weighted by Crippen LogP contribution is 2.15. The Hall–Kier alpha value is -0.790. The van der Waals surface area contributed by atoms with E-state index in [1.807, 2.05) is 0 Å². The van der Waals surface area contributed by atoms with Crippen molar-refractivity contribution in [1.82, 2.24) is 0 Å². The molecule has 2 heteroatoms. The smallest absolute Gasteiger partial charge is 0.333 e. The third-order valence-corrected chi connectivity index (χ3v) is 2.18. The number of hydrogen-bond acceptors (Lipinski definition) is 2. The van der Waals surface area contributed by atoms with Crippen molar-refractivity contribution in [1.29, 1.82) is 0 Å². The standard InChI is InChI=1S/C12H22O2/c1-6-11(7-9(2)3)8-14-12(13)10(4)5/h9,11H,4,6-8H2,1-3,5H3. The predicted molar refractivity (Wildman–Crippen MR) is 59.0 cm³/mol. The lowest BCUT2D eigenvalue weighted by molar-refractivity contribution is -0.140. The van der Waals surface area contributed by atoms with Gasteiger partial charge in [0.15, 0.2) is 0 Å². The maximum Gasteiger partial charge on any atom is 0.333 e. The summed E-state index contributed by atoms with van der Waals surface area (Å²) in [6, 6.07) is 0. The van der Waals surface area contributed by atoms with E-state index in [0.717, 1.165) is 12.8 Å². The molecule has 0 aliphatic carbocycles. The van der Waals surface area contributed by atoms with Gasteiger partial charge in [-0.2, -0.15) is 0 Å². The lowest BCUT2D eigenvalue weighted by atomic mass is 9.96. The minimum absolute atomic E-state index is 0.271. The summed E-state index contributed by atoms with van der Waals surface area (Å²) in [6.07, 6.45) is 2.17. The van der Waals surface area contributed by atoms with Crippen LogP contribution in [0.4, 0.5) is 0 Å². The van der Waals surface area contributed by atoms with Crippen molar-refractivity contribution < 1.29 is 9.53 Å². The van der Waals surface area contributed by atoms with Gasteiger partial charge in [-0.05, 0) is 25.2 Å². The summed E-state index contributed by atoms with van der Waals surface area (Å²) in [4.78, 5) is 11.1. The first-order chi connectivity index (χ1) is 6.47. The van der Waals surface area contributed by atoms with Gasteiger partial charge in [-0.1, -0.05) is 33.8 Å². The van der Waals surface area contributed by atoms with Crippen molar-refractivity contribution >= 4 is 5.97 Å². The molecular formula is C12H22O2. The molecule has 0 saturated heterocycles. The summed E-state index contributed by atoms with van der Waals surface area (Å²) in [5, 5.41) is 0. The zero-order valence-electron chi connectivity index (χ0n) is 9.80. The van der Waals surface area contributed by atoms with Gasteiger partial charge >= 0.3 is 5.97 Å². The van der Waals surface area contributed by atoms with Crippen LogP contribution in [0.1, 0.15) is 40.5 Å². The molecule has 0 rings (SSSR count). The average Bonchev–Trinajstić information content (AvgIpc) is 2.10. The van der Waals surface area contributed by atoms with Crippen LogP contribution in [-0.4, -0.2) is 12.6 Å². The molecule has 0 N–H and O–H groups in total. The summed E-state index contributed by atoms with van der Waals surface area (Å²) in [5.41, 5.74) is 0.476. The summed E-state index contributed by atoms with van der Waals surface area (Å²) in [6.45, 7) is 12.2. The fraction of sp³-hybridized carbons (Fsp3) is 0.750. The molecule has 14 heavy (non-hydrogen) atoms. The molecule has 0 bridgehead atoms. The molecule has 0 aromatic rings. The molecule has 0 aliphatic rings. The molecule has 0 fully saturated rings. The highest BCUT2D eigenvalue weighted by molar-refractivity contribution is 5.86. The van der Waals surface area contributed by atoms with E-state index in [1.54, 1.807) is 6.92 Å². The van der Waals surface area contributed by atoms with E-state index in [-0.39, 0.29) is 5.97 Å². The molecule has 0 aliphatic heterocycles. The van der Waals surface area contributed by atoms with E-state index in [2.05, 4.69) is 27.4 Å². The molecule has 0 saturated carbocycles. The van der Waals surface area contributed by atoms with Gasteiger partial charge in [0, 0.05) is 5.57 Å². The maximum atomic E-state index is 11.1. The Morgan fingerprint density at radius 3 is 2.36 bits per heavy atom. The van der Waals surface area contributed by atoms with Crippen molar-refractivity contribution in [3.05, 3.63) is 12.2 Å². The minimum atomic E-state index is -0.271. The molecule has 0 aromatic carbocycles. The van der Waals surface area contributed by atoms with Crippen LogP contribution in [0.2, 0.25) is 0 Å². The van der Waals surface area contributed by atoms with Gasteiger partial charge in [0.2, 0.25) is 0 Å². The fourth-order valence-electron chi connectivity index (χ4n) is 1.34. The second-order valence-electron chi connectivity index (χ2n) is 4.28. The molecule has 0 radical (unpaired) electrons. The van der Waals surface area contributed by atoms with Crippen LogP contribution in [-0.2, 0) is 9.53 Å². The molecule has 1 unspecified atom stereocenters. The number of esters is 1. The Labute approximate surface area is 87.3 Å². The van der Waals surface area contributed by atoms with Gasteiger partial charge in [-0.15, -0.1) is 0 Å². The molecule has 1 atom stereocenters. The summed E-state index contributed by atoms with van der Waals surface area (Å²) in [5.74, 6) is 0.869. The molecule has 82 valence electrons. The number of hydrogen-bond donors (Lipinski definition) is 0. The van der Waals surface area contributed by atoms with Crippen LogP contribution in [0.25, 0.3) is 0 Å². The van der Waals surface area contributed by atoms with Gasteiger partial charge in [0.05, 0.1) is 6.61 Å². The van der Waals surface area contributed by atoms with Crippen LogP contribution in [0, 0.1) is 11.8 Å². The van der Waals surface area contributed by atoms with Gasteiger partial charge in [-0.3, -0.25) is 0 Å². The van der Waals surface area contributed by atoms with E-state index in [4.69, 9.17) is 4.74 Å². The maximum absolute atomic E-state index is 11.1. The van der Waals surface area contributed by atoms with E-state index < -0.39 is 0 Å². The normalized spacial score (nSPS) is 12.6. The zero-order valence-corrected chi connectivity index (χ0v) is 9.80. The molecule has 0 heterocycles. The second-order valence-corrected chi connectivity index (χ2v) is 4.28. The van der Waals surface area contributed by atoms with E-state index in [0.29, 0.717) is 24.0 Å². The quantitative estimate of drug-likeness (QED) is 0.484. The second kappa shape index (κ2) is 6.63. The number of carbonyl (C=O) groups excluding carboxylic acids is 1. The van der Waals surface area contributed by atoms with Crippen LogP contribution >= 0.6 is 0 Å². The lowest BCUT2D eigenvalue weighted by Crippen LogP contribution is -2.15. The van der Waals surface area contributed by atoms with E-state index in [1.165, 1.54) is 0 Å². The molecule has 0 amide bonds. The van der Waals surface area contributed by atoms with E-state index >= 15 is 0 Å². The predicted octanol–water partition coefficient (Wildman–Crippen LogP) is 3.18. The highest BCUT2D eigenvalue weighted by Gasteiger charge is 2.11. The van der Waals surface area contributed by atoms with Crippen LogP contribution < -0.4 is 0 Å². The van der Waals surface area contributed by atoms with Crippen molar-refractivity contribution in [2.75, 3.05) is 6.61 Å². The highest BCUT2D eigenvalue weighted by atomic mass is 16.5. The largest absolute Gasteiger partial charge is 0.462 e. The Bertz CT molecular complexity index is 194. The third-order valence-electron chi connectivity index (χ3n) is 2.18. The summed E-state index contributed by atoms with van der Waals surface area (Å²) < 4.78 is 5.12. The zero-order chi connectivity index (χ0) is 11.1. The first kappa shape index (κ1) is 13.2. The van der Waals surface area contributed by atoms with Gasteiger partial charge in [-0.25, -0.2) is 4.79 Å². The molecule has 2 nitrogen and oxygen atoms in total. The number of carbonyl (C=O) groups is 1. The van der Waals surface area contributed by atoms with Crippen molar-refractivity contribution in [2.45, 2.75) is 40.5 Å². The van der Waals surface area contributed by atoms with Gasteiger partial charge in [0.1, 0.15) is 0 Å². The summed E-state index contributed by atoms with van der Waals surface area (Å²) in [7, 11) is 0. The van der Waals surface area contributed by atoms with Crippen LogP contribution in [0.15, 0.2) is 12.2 Å². The van der Waals surface area contributed by atoms with Gasteiger partial charge in [0.25, 0.3) is 0 Å². The topological polar surface area (TPSA) is 26.3 Å². The number of rotatable bonds is 6. The monoisotopic (exact) mass is 198 g/mol. The molecular weight excluding hydrogens is 176 g/mol. The van der Waals surface area contributed by atoms with Crippen LogP contribution in [0.3, 0.4) is 0 Å². The Kier molecular flexibility index (Phi) is 6.26. The Balaban J connectivity index is 3.83.